The number of carbonyl (C=O) groups excluding carboxylic acids is 2. The third-order valence-corrected chi connectivity index (χ3v) is 7.09. The predicted molar refractivity (Wildman–Crippen MR) is 105 cm³/mol. The van der Waals surface area contributed by atoms with Gasteiger partial charge in [-0.2, -0.15) is 0 Å². The fourth-order valence-corrected chi connectivity index (χ4v) is 5.74. The first kappa shape index (κ1) is 17.7. The van der Waals surface area contributed by atoms with Crippen LogP contribution in [0.3, 0.4) is 0 Å². The van der Waals surface area contributed by atoms with Crippen LogP contribution in [-0.4, -0.2) is 36.0 Å². The molecule has 3 amide bonds. The summed E-state index contributed by atoms with van der Waals surface area (Å²) in [6.45, 7) is 1.06. The molecule has 3 heterocycles. The number of hydrogen-bond acceptors (Lipinski definition) is 5. The van der Waals surface area contributed by atoms with Crippen molar-refractivity contribution in [1.82, 2.24) is 15.5 Å². The van der Waals surface area contributed by atoms with Gasteiger partial charge in [-0.25, -0.2) is 4.79 Å². The highest BCUT2D eigenvalue weighted by atomic mass is 32.1. The van der Waals surface area contributed by atoms with Crippen molar-refractivity contribution in [1.29, 1.82) is 0 Å². The summed E-state index contributed by atoms with van der Waals surface area (Å²) in [7, 11) is 0. The maximum Gasteiger partial charge on any atom is 0.321 e. The Hall–Kier alpha value is -1.70. The molecule has 1 saturated carbocycles. The van der Waals surface area contributed by atoms with Crippen LogP contribution in [0.1, 0.15) is 47.0 Å². The number of fused-ring (bicyclic) bond motifs is 1. The molecule has 4 rings (SSSR count). The molecule has 2 N–H and O–H groups in total. The Morgan fingerprint density at radius 2 is 2.00 bits per heavy atom. The van der Waals surface area contributed by atoms with E-state index in [1.165, 1.54) is 15.3 Å². The van der Waals surface area contributed by atoms with Crippen LogP contribution >= 0.6 is 22.7 Å². The van der Waals surface area contributed by atoms with Gasteiger partial charge < -0.3 is 5.32 Å². The van der Waals surface area contributed by atoms with Gasteiger partial charge in [0.2, 0.25) is 5.91 Å². The number of hydrogen-bond donors (Lipinski definition) is 2. The quantitative estimate of drug-likeness (QED) is 0.841. The number of imide groups is 1. The summed E-state index contributed by atoms with van der Waals surface area (Å²) in [5, 5.41) is 9.63. The van der Waals surface area contributed by atoms with E-state index in [1.54, 1.807) is 22.7 Å². The lowest BCUT2D eigenvalue weighted by atomic mass is 9.98. The summed E-state index contributed by atoms with van der Waals surface area (Å²) < 4.78 is 0. The predicted octanol–water partition coefficient (Wildman–Crippen LogP) is 3.53. The summed E-state index contributed by atoms with van der Waals surface area (Å²) in [5.74, 6) is -0.235. The summed E-state index contributed by atoms with van der Waals surface area (Å²) in [6, 6.07) is 6.30. The van der Waals surface area contributed by atoms with Crippen LogP contribution in [0.5, 0.6) is 0 Å². The molecule has 0 aromatic carbocycles. The fourth-order valence-electron chi connectivity index (χ4n) is 3.96. The van der Waals surface area contributed by atoms with Crippen molar-refractivity contribution in [3.05, 3.63) is 44.3 Å². The van der Waals surface area contributed by atoms with E-state index in [4.69, 9.17) is 0 Å². The maximum atomic E-state index is 12.5. The Balaban J connectivity index is 1.41. The van der Waals surface area contributed by atoms with Gasteiger partial charge in [0.05, 0.1) is 12.6 Å². The molecule has 1 aliphatic carbocycles. The fraction of sp³-hybridized carbons (Fsp3) is 0.474. The monoisotopic (exact) mass is 389 g/mol. The van der Waals surface area contributed by atoms with Gasteiger partial charge in [0.25, 0.3) is 0 Å². The van der Waals surface area contributed by atoms with Crippen molar-refractivity contribution in [2.24, 2.45) is 0 Å². The molecule has 0 bridgehead atoms. The molecule has 0 spiro atoms. The highest BCUT2D eigenvalue weighted by Crippen LogP contribution is 2.39. The van der Waals surface area contributed by atoms with Crippen LogP contribution in [0.25, 0.3) is 0 Å². The van der Waals surface area contributed by atoms with Crippen molar-refractivity contribution in [2.75, 3.05) is 13.1 Å². The zero-order chi connectivity index (χ0) is 17.9. The summed E-state index contributed by atoms with van der Waals surface area (Å²) in [5.41, 5.74) is 1.30. The Morgan fingerprint density at radius 3 is 2.77 bits per heavy atom. The Labute approximate surface area is 161 Å². The Kier molecular flexibility index (Phi) is 5.38. The average molecular weight is 390 g/mol. The first-order valence-electron chi connectivity index (χ1n) is 9.15. The Morgan fingerprint density at radius 1 is 1.15 bits per heavy atom. The van der Waals surface area contributed by atoms with E-state index >= 15 is 0 Å². The van der Waals surface area contributed by atoms with Crippen LogP contribution in [0.15, 0.2) is 29.0 Å². The van der Waals surface area contributed by atoms with E-state index in [0.29, 0.717) is 0 Å². The second-order valence-corrected chi connectivity index (χ2v) is 8.92. The van der Waals surface area contributed by atoms with Crippen molar-refractivity contribution < 1.29 is 9.59 Å². The molecular formula is C19H23N3O2S2. The molecule has 138 valence electrons. The third kappa shape index (κ3) is 3.84. The largest absolute Gasteiger partial charge is 0.335 e. The van der Waals surface area contributed by atoms with Crippen LogP contribution in [0.4, 0.5) is 4.79 Å². The van der Waals surface area contributed by atoms with Gasteiger partial charge in [-0.15, -0.1) is 22.7 Å². The highest BCUT2D eigenvalue weighted by molar-refractivity contribution is 7.10. The topological polar surface area (TPSA) is 61.4 Å². The molecule has 1 atom stereocenters. The van der Waals surface area contributed by atoms with E-state index in [2.05, 4.69) is 38.4 Å². The molecule has 5 nitrogen and oxygen atoms in total. The van der Waals surface area contributed by atoms with Crippen LogP contribution in [0, 0.1) is 0 Å². The van der Waals surface area contributed by atoms with Crippen LogP contribution in [0.2, 0.25) is 0 Å². The molecule has 2 aliphatic rings. The highest BCUT2D eigenvalue weighted by Gasteiger charge is 2.31. The molecular weight excluding hydrogens is 366 g/mol. The average Bonchev–Trinajstić information content (AvgIpc) is 3.36. The number of amides is 3. The van der Waals surface area contributed by atoms with E-state index in [-0.39, 0.29) is 30.6 Å². The lowest BCUT2D eigenvalue weighted by molar-refractivity contribution is -0.121. The first-order valence-corrected chi connectivity index (χ1v) is 10.9. The van der Waals surface area contributed by atoms with E-state index in [0.717, 1.165) is 38.6 Å². The summed E-state index contributed by atoms with van der Waals surface area (Å²) >= 11 is 3.50. The smallest absolute Gasteiger partial charge is 0.321 e. The van der Waals surface area contributed by atoms with Gasteiger partial charge in [-0.05, 0) is 47.7 Å². The van der Waals surface area contributed by atoms with Crippen molar-refractivity contribution in [3.8, 4) is 0 Å². The van der Waals surface area contributed by atoms with Crippen LogP contribution in [-0.2, 0) is 11.2 Å². The number of nitrogens with zero attached hydrogens (tertiary/aromatic N) is 1. The number of rotatable bonds is 4. The maximum absolute atomic E-state index is 12.5. The van der Waals surface area contributed by atoms with E-state index in [1.807, 2.05) is 6.07 Å². The summed E-state index contributed by atoms with van der Waals surface area (Å²) in [6.07, 6.45) is 5.27. The minimum absolute atomic E-state index is 0.105. The molecule has 0 unspecified atom stereocenters. The zero-order valence-electron chi connectivity index (χ0n) is 14.6. The molecule has 2 aromatic rings. The van der Waals surface area contributed by atoms with Gasteiger partial charge in [0, 0.05) is 22.3 Å². The summed E-state index contributed by atoms with van der Waals surface area (Å²) in [4.78, 5) is 29.3. The third-order valence-electron chi connectivity index (χ3n) is 5.17. The van der Waals surface area contributed by atoms with Crippen molar-refractivity contribution >= 4 is 34.6 Å². The first-order chi connectivity index (χ1) is 12.7. The molecule has 1 aliphatic heterocycles. The number of carbonyl (C=O) groups is 2. The van der Waals surface area contributed by atoms with Gasteiger partial charge in [-0.1, -0.05) is 18.9 Å². The standard InChI is InChI=1S/C19H23N3O2S2/c23-17(21-19(24)20-13-4-1-2-5-13)12-22-9-7-15-14(8-11-26-15)18(22)16-6-3-10-25-16/h3,6,8,10-11,13,18H,1-2,4-5,7,9,12H2,(H2,20,21,23,24)/t18-/m0/s1. The zero-order valence-corrected chi connectivity index (χ0v) is 16.2. The lowest BCUT2D eigenvalue weighted by Crippen LogP contribution is -2.48. The van der Waals surface area contributed by atoms with E-state index in [9.17, 15) is 9.59 Å². The molecule has 1 fully saturated rings. The van der Waals surface area contributed by atoms with Crippen molar-refractivity contribution in [3.63, 3.8) is 0 Å². The van der Waals surface area contributed by atoms with Gasteiger partial charge >= 0.3 is 6.03 Å². The van der Waals surface area contributed by atoms with Gasteiger partial charge in [0.1, 0.15) is 0 Å². The van der Waals surface area contributed by atoms with Gasteiger partial charge in [0.15, 0.2) is 0 Å². The second kappa shape index (κ2) is 7.90. The molecule has 0 radical (unpaired) electrons. The van der Waals surface area contributed by atoms with E-state index < -0.39 is 0 Å². The molecule has 26 heavy (non-hydrogen) atoms. The lowest BCUT2D eigenvalue weighted by Gasteiger charge is -2.34. The van der Waals surface area contributed by atoms with Crippen molar-refractivity contribution in [2.45, 2.75) is 44.2 Å². The Bertz CT molecular complexity index is 766. The molecule has 0 saturated heterocycles. The minimum atomic E-state index is -0.359. The number of thiophene rings is 2. The van der Waals surface area contributed by atoms with Crippen LogP contribution < -0.4 is 10.6 Å². The molecule has 2 aromatic heterocycles. The second-order valence-electron chi connectivity index (χ2n) is 6.94. The van der Waals surface area contributed by atoms with Gasteiger partial charge in [-0.3, -0.25) is 15.0 Å². The number of nitrogens with one attached hydrogen (secondary N) is 2. The minimum Gasteiger partial charge on any atom is -0.335 e. The number of urea groups is 1. The SMILES string of the molecule is O=C(CN1CCc2sccc2[C@H]1c1cccs1)NC(=O)NC1CCCC1. The molecule has 7 heteroatoms. The normalized spacial score (nSPS) is 20.7.